The number of hydrogen-bond donors (Lipinski definition) is 2. The highest BCUT2D eigenvalue weighted by Crippen LogP contribution is 2.41. The van der Waals surface area contributed by atoms with E-state index in [2.05, 4.69) is 20.1 Å². The lowest BCUT2D eigenvalue weighted by atomic mass is 10.0. The van der Waals surface area contributed by atoms with Crippen molar-refractivity contribution >= 4 is 28.4 Å². The lowest BCUT2D eigenvalue weighted by Crippen LogP contribution is -2.25. The normalized spacial score (nSPS) is 13.3. The summed E-state index contributed by atoms with van der Waals surface area (Å²) < 4.78 is 35.4. The van der Waals surface area contributed by atoms with Gasteiger partial charge in [-0.3, -0.25) is 9.59 Å². The van der Waals surface area contributed by atoms with Crippen LogP contribution in [0.3, 0.4) is 0 Å². The summed E-state index contributed by atoms with van der Waals surface area (Å²) in [4.78, 5) is 28.8. The summed E-state index contributed by atoms with van der Waals surface area (Å²) >= 11 is 0. The number of aromatic nitrogens is 1. The molecule has 0 saturated carbocycles. The van der Waals surface area contributed by atoms with Gasteiger partial charge in [-0.05, 0) is 60.0 Å². The summed E-state index contributed by atoms with van der Waals surface area (Å²) in [5.41, 5.74) is 3.39. The van der Waals surface area contributed by atoms with Gasteiger partial charge in [-0.1, -0.05) is 48.5 Å². The number of anilines is 1. The molecule has 2 heterocycles. The number of carbonyl (C=O) groups is 2. The monoisotopic (exact) mass is 531 g/mol. The van der Waals surface area contributed by atoms with Crippen LogP contribution < -0.4 is 20.1 Å². The van der Waals surface area contributed by atoms with Gasteiger partial charge in [-0.25, -0.2) is 4.98 Å². The van der Waals surface area contributed by atoms with Crippen LogP contribution in [-0.4, -0.2) is 23.1 Å². The van der Waals surface area contributed by atoms with E-state index in [1.54, 1.807) is 12.1 Å². The number of amides is 2. The van der Waals surface area contributed by atoms with Crippen molar-refractivity contribution in [3.63, 3.8) is 0 Å². The number of nitrogens with one attached hydrogen (secondary N) is 2. The Morgan fingerprint density at radius 2 is 1.72 bits per heavy atom. The Bertz CT molecular complexity index is 1540. The van der Waals surface area contributed by atoms with Gasteiger partial charge in [-0.2, -0.15) is 0 Å². The van der Waals surface area contributed by atoms with Crippen molar-refractivity contribution < 1.29 is 27.8 Å². The van der Waals surface area contributed by atoms with Crippen LogP contribution in [0.25, 0.3) is 22.0 Å². The Morgan fingerprint density at radius 1 is 0.897 bits per heavy atom. The number of halogens is 2. The molecule has 200 valence electrons. The van der Waals surface area contributed by atoms with Crippen molar-refractivity contribution in [3.8, 4) is 22.8 Å². The van der Waals surface area contributed by atoms with E-state index < -0.39 is 6.29 Å². The van der Waals surface area contributed by atoms with Gasteiger partial charge in [0.25, 0.3) is 0 Å². The average Bonchev–Trinajstić information content (AvgIpc) is 3.22. The number of aryl methyl sites for hydroxylation is 1. The first-order valence-corrected chi connectivity index (χ1v) is 12.7. The molecule has 0 spiro atoms. The summed E-state index contributed by atoms with van der Waals surface area (Å²) in [5.74, 6) is 0.235. The van der Waals surface area contributed by atoms with Crippen LogP contribution >= 0.6 is 0 Å². The minimum Gasteiger partial charge on any atom is -0.395 e. The molecule has 39 heavy (non-hydrogen) atoms. The molecule has 7 nitrogen and oxygen atoms in total. The fourth-order valence-electron chi connectivity index (χ4n) is 4.51. The Labute approximate surface area is 224 Å². The van der Waals surface area contributed by atoms with Gasteiger partial charge in [0.15, 0.2) is 11.5 Å². The van der Waals surface area contributed by atoms with Crippen LogP contribution in [0.1, 0.15) is 37.3 Å². The number of pyridine rings is 1. The molecule has 0 atom stereocenters. The summed E-state index contributed by atoms with van der Waals surface area (Å²) in [6, 6.07) is 22.2. The van der Waals surface area contributed by atoms with E-state index >= 15 is 0 Å². The molecule has 0 aliphatic carbocycles. The minimum atomic E-state index is -3.63. The van der Waals surface area contributed by atoms with Crippen molar-refractivity contribution in [1.29, 1.82) is 0 Å². The highest BCUT2D eigenvalue weighted by atomic mass is 19.3. The van der Waals surface area contributed by atoms with Gasteiger partial charge in [0.1, 0.15) is 5.82 Å². The van der Waals surface area contributed by atoms with Crippen LogP contribution in [0.2, 0.25) is 0 Å². The third kappa shape index (κ3) is 6.49. The Morgan fingerprint density at radius 3 is 2.56 bits per heavy atom. The van der Waals surface area contributed by atoms with Crippen molar-refractivity contribution in [2.75, 3.05) is 5.32 Å². The number of ether oxygens (including phenoxy) is 2. The summed E-state index contributed by atoms with van der Waals surface area (Å²) in [7, 11) is 0. The highest BCUT2D eigenvalue weighted by molar-refractivity contribution is 5.99. The van der Waals surface area contributed by atoms with Crippen molar-refractivity contribution in [3.05, 3.63) is 83.9 Å². The largest absolute Gasteiger partial charge is 0.586 e. The smallest absolute Gasteiger partial charge is 0.395 e. The summed E-state index contributed by atoms with van der Waals surface area (Å²) in [6.45, 7) is 1.89. The number of unbranched alkanes of at least 4 members (excludes halogenated alkanes) is 1. The van der Waals surface area contributed by atoms with E-state index in [-0.39, 0.29) is 23.3 Å². The molecule has 1 aromatic heterocycles. The van der Waals surface area contributed by atoms with Gasteiger partial charge in [0, 0.05) is 30.8 Å². The molecule has 3 aromatic carbocycles. The predicted octanol–water partition coefficient (Wildman–Crippen LogP) is 6.21. The number of alkyl halides is 2. The molecule has 5 rings (SSSR count). The van der Waals surface area contributed by atoms with Crippen LogP contribution in [0.15, 0.2) is 72.8 Å². The maximum Gasteiger partial charge on any atom is 0.586 e. The van der Waals surface area contributed by atoms with E-state index in [0.29, 0.717) is 38.0 Å². The zero-order valence-electron chi connectivity index (χ0n) is 21.3. The molecular formula is C30H27F2N3O4. The molecular weight excluding hydrogens is 504 g/mol. The van der Waals surface area contributed by atoms with E-state index in [4.69, 9.17) is 4.98 Å². The Kier molecular flexibility index (Phi) is 7.40. The molecule has 0 unspecified atom stereocenters. The quantitative estimate of drug-likeness (QED) is 0.251. The van der Waals surface area contributed by atoms with Gasteiger partial charge in [-0.15, -0.1) is 8.78 Å². The van der Waals surface area contributed by atoms with Crippen molar-refractivity contribution in [2.45, 2.75) is 45.4 Å². The maximum atomic E-state index is 13.2. The summed E-state index contributed by atoms with van der Waals surface area (Å²) in [6.07, 6.45) is -1.42. The molecule has 0 fully saturated rings. The van der Waals surface area contributed by atoms with Gasteiger partial charge >= 0.3 is 6.29 Å². The molecule has 1 aliphatic rings. The van der Waals surface area contributed by atoms with Crippen LogP contribution in [-0.2, 0) is 22.6 Å². The van der Waals surface area contributed by atoms with Crippen LogP contribution in [0.5, 0.6) is 11.5 Å². The number of benzene rings is 3. The van der Waals surface area contributed by atoms with Gasteiger partial charge < -0.3 is 20.1 Å². The molecule has 0 saturated heterocycles. The van der Waals surface area contributed by atoms with Crippen molar-refractivity contribution in [1.82, 2.24) is 10.3 Å². The third-order valence-corrected chi connectivity index (χ3v) is 6.33. The van der Waals surface area contributed by atoms with E-state index in [0.717, 1.165) is 33.2 Å². The molecule has 0 bridgehead atoms. The van der Waals surface area contributed by atoms with Gasteiger partial charge in [0.05, 0.1) is 5.69 Å². The fourth-order valence-corrected chi connectivity index (χ4v) is 4.51. The van der Waals surface area contributed by atoms with Crippen LogP contribution in [0.4, 0.5) is 14.6 Å². The lowest BCUT2D eigenvalue weighted by molar-refractivity contribution is -0.286. The first-order valence-electron chi connectivity index (χ1n) is 12.7. The van der Waals surface area contributed by atoms with E-state index in [9.17, 15) is 18.4 Å². The topological polar surface area (TPSA) is 89.6 Å². The first-order chi connectivity index (χ1) is 18.8. The standard InChI is InChI=1S/C30H27F2N3O4/c1-19(36)33-18-21-8-6-10-23(15-21)29-24-11-4-3-9-22(24)17-27(35-29)34-28(37)12-5-2-7-20-13-14-25-26(16-20)39-30(31,32)38-25/h3-4,6,8-11,13-17H,2,5,7,12,18H2,1H3,(H,33,36)(H,34,35,37). The van der Waals surface area contributed by atoms with Crippen LogP contribution in [0, 0.1) is 0 Å². The maximum absolute atomic E-state index is 13.2. The third-order valence-electron chi connectivity index (χ3n) is 6.33. The highest BCUT2D eigenvalue weighted by Gasteiger charge is 2.43. The Hall–Kier alpha value is -4.53. The molecule has 1 aliphatic heterocycles. The van der Waals surface area contributed by atoms with Gasteiger partial charge in [0.2, 0.25) is 11.8 Å². The second-order valence-corrected chi connectivity index (χ2v) is 9.39. The number of fused-ring (bicyclic) bond motifs is 2. The number of hydrogen-bond acceptors (Lipinski definition) is 5. The lowest BCUT2D eigenvalue weighted by Gasteiger charge is -2.12. The zero-order valence-corrected chi connectivity index (χ0v) is 21.3. The fraction of sp³-hybridized carbons (Fsp3) is 0.233. The Balaban J connectivity index is 1.23. The molecule has 4 aromatic rings. The molecule has 2 amide bonds. The number of rotatable bonds is 9. The SMILES string of the molecule is CC(=O)NCc1cccc(-c2nc(NC(=O)CCCCc3ccc4c(c3)OC(F)(F)O4)cc3ccccc23)c1. The second kappa shape index (κ2) is 11.1. The van der Waals surface area contributed by atoms with E-state index in [1.165, 1.54) is 13.0 Å². The zero-order chi connectivity index (χ0) is 27.4. The van der Waals surface area contributed by atoms with Crippen molar-refractivity contribution in [2.24, 2.45) is 0 Å². The minimum absolute atomic E-state index is 0.0184. The number of carbonyl (C=O) groups excluding carboxylic acids is 2. The first kappa shape index (κ1) is 26.1. The number of nitrogens with zero attached hydrogens (tertiary/aromatic N) is 1. The summed E-state index contributed by atoms with van der Waals surface area (Å²) in [5, 5.41) is 7.61. The van der Waals surface area contributed by atoms with E-state index in [1.807, 2.05) is 54.6 Å². The predicted molar refractivity (Wildman–Crippen MR) is 144 cm³/mol. The molecule has 9 heteroatoms. The average molecular weight is 532 g/mol. The second-order valence-electron chi connectivity index (χ2n) is 9.39. The molecule has 0 radical (unpaired) electrons. The molecule has 2 N–H and O–H groups in total.